The standard InChI is InChI=1S/C23H28N4OS2/c1-3-5-19-24-21(20-16-8-7-15(2)14-18(16)30-22(20)25-19)26-9-11-27(12-10-26)23(28)17-6-4-13-29-17/h4,6,13,15H,3,5,7-12,14H2,1-2H3/t15-/m0/s1. The predicted octanol–water partition coefficient (Wildman–Crippen LogP) is 4.79. The fourth-order valence-electron chi connectivity index (χ4n) is 4.61. The summed E-state index contributed by atoms with van der Waals surface area (Å²) in [5.41, 5.74) is 1.49. The molecule has 0 unspecified atom stereocenters. The molecule has 0 bridgehead atoms. The third-order valence-corrected chi connectivity index (χ3v) is 8.26. The van der Waals surface area contributed by atoms with E-state index < -0.39 is 0 Å². The van der Waals surface area contributed by atoms with Crippen molar-refractivity contribution in [1.82, 2.24) is 14.9 Å². The Morgan fingerprint density at radius 2 is 2.07 bits per heavy atom. The molecule has 0 spiro atoms. The molecular weight excluding hydrogens is 412 g/mol. The van der Waals surface area contributed by atoms with Crippen LogP contribution in [0.25, 0.3) is 10.2 Å². The fourth-order valence-corrected chi connectivity index (χ4v) is 6.69. The molecule has 5 rings (SSSR count). The number of carbonyl (C=O) groups is 1. The van der Waals surface area contributed by atoms with E-state index in [1.54, 1.807) is 0 Å². The first-order valence-electron chi connectivity index (χ1n) is 11.0. The number of piperazine rings is 1. The monoisotopic (exact) mass is 440 g/mol. The lowest BCUT2D eigenvalue weighted by atomic mass is 9.89. The Kier molecular flexibility index (Phi) is 5.50. The number of carbonyl (C=O) groups excluding carboxylic acids is 1. The molecule has 3 aromatic heterocycles. The average molecular weight is 441 g/mol. The zero-order valence-corrected chi connectivity index (χ0v) is 19.3. The molecule has 5 nitrogen and oxygen atoms in total. The van der Waals surface area contributed by atoms with Gasteiger partial charge in [-0.3, -0.25) is 4.79 Å². The Hall–Kier alpha value is -1.99. The predicted molar refractivity (Wildman–Crippen MR) is 125 cm³/mol. The number of amides is 1. The molecule has 1 aliphatic carbocycles. The van der Waals surface area contributed by atoms with E-state index in [9.17, 15) is 4.79 Å². The van der Waals surface area contributed by atoms with Gasteiger partial charge in [0, 0.05) is 37.5 Å². The van der Waals surface area contributed by atoms with Crippen LogP contribution in [0, 0.1) is 5.92 Å². The Labute approximate surface area is 185 Å². The summed E-state index contributed by atoms with van der Waals surface area (Å²) >= 11 is 3.41. The lowest BCUT2D eigenvalue weighted by Gasteiger charge is -2.35. The maximum atomic E-state index is 12.7. The van der Waals surface area contributed by atoms with Gasteiger partial charge in [0.15, 0.2) is 0 Å². The number of aromatic nitrogens is 2. The lowest BCUT2D eigenvalue weighted by Crippen LogP contribution is -2.49. The van der Waals surface area contributed by atoms with Gasteiger partial charge in [0.1, 0.15) is 16.5 Å². The lowest BCUT2D eigenvalue weighted by molar-refractivity contribution is 0.0751. The van der Waals surface area contributed by atoms with Crippen LogP contribution in [-0.4, -0.2) is 47.0 Å². The molecule has 30 heavy (non-hydrogen) atoms. The van der Waals surface area contributed by atoms with E-state index in [1.165, 1.54) is 44.8 Å². The third-order valence-electron chi connectivity index (χ3n) is 6.25. The summed E-state index contributed by atoms with van der Waals surface area (Å²) in [5.74, 6) is 2.98. The number of thiophene rings is 2. The highest BCUT2D eigenvalue weighted by atomic mass is 32.1. The van der Waals surface area contributed by atoms with E-state index in [2.05, 4.69) is 18.7 Å². The van der Waals surface area contributed by atoms with Crippen molar-refractivity contribution in [2.45, 2.75) is 46.0 Å². The second-order valence-corrected chi connectivity index (χ2v) is 10.5. The molecule has 2 aliphatic rings. The van der Waals surface area contributed by atoms with Crippen molar-refractivity contribution in [3.8, 4) is 0 Å². The van der Waals surface area contributed by atoms with E-state index in [0.29, 0.717) is 0 Å². The molecule has 0 N–H and O–H groups in total. The zero-order chi connectivity index (χ0) is 20.7. The molecule has 0 radical (unpaired) electrons. The zero-order valence-electron chi connectivity index (χ0n) is 17.7. The smallest absolute Gasteiger partial charge is 0.264 e. The minimum absolute atomic E-state index is 0.158. The van der Waals surface area contributed by atoms with E-state index in [4.69, 9.17) is 9.97 Å². The Morgan fingerprint density at radius 1 is 1.23 bits per heavy atom. The number of rotatable bonds is 4. The summed E-state index contributed by atoms with van der Waals surface area (Å²) in [6.45, 7) is 7.69. The minimum atomic E-state index is 0.158. The van der Waals surface area contributed by atoms with Crippen LogP contribution in [0.4, 0.5) is 5.82 Å². The summed E-state index contributed by atoms with van der Waals surface area (Å²) < 4.78 is 0. The van der Waals surface area contributed by atoms with Crippen molar-refractivity contribution in [3.63, 3.8) is 0 Å². The molecule has 158 valence electrons. The van der Waals surface area contributed by atoms with E-state index in [1.807, 2.05) is 33.7 Å². The van der Waals surface area contributed by atoms with Gasteiger partial charge < -0.3 is 9.80 Å². The van der Waals surface area contributed by atoms with Crippen molar-refractivity contribution in [1.29, 1.82) is 0 Å². The van der Waals surface area contributed by atoms with Gasteiger partial charge in [-0.1, -0.05) is 19.9 Å². The number of nitrogens with zero attached hydrogens (tertiary/aromatic N) is 4. The Bertz CT molecular complexity index is 1050. The van der Waals surface area contributed by atoms with Gasteiger partial charge in [-0.25, -0.2) is 9.97 Å². The van der Waals surface area contributed by atoms with E-state index in [-0.39, 0.29) is 5.91 Å². The minimum Gasteiger partial charge on any atom is -0.352 e. The number of hydrogen-bond donors (Lipinski definition) is 0. The average Bonchev–Trinajstić information content (AvgIpc) is 3.40. The molecule has 1 atom stereocenters. The summed E-state index contributed by atoms with van der Waals surface area (Å²) in [7, 11) is 0. The van der Waals surface area contributed by atoms with Crippen molar-refractivity contribution in [2.24, 2.45) is 5.92 Å². The SMILES string of the molecule is CCCc1nc(N2CCN(C(=O)c3cccs3)CC2)c2c3c(sc2n1)C[C@@H](C)CC3. The van der Waals surface area contributed by atoms with Crippen LogP contribution < -0.4 is 4.90 Å². The van der Waals surface area contributed by atoms with Crippen LogP contribution in [-0.2, 0) is 19.3 Å². The van der Waals surface area contributed by atoms with Gasteiger partial charge in [-0.15, -0.1) is 22.7 Å². The van der Waals surface area contributed by atoms with Crippen molar-refractivity contribution < 1.29 is 4.79 Å². The molecule has 0 saturated carbocycles. The summed E-state index contributed by atoms with van der Waals surface area (Å²) in [6.07, 6.45) is 5.52. The van der Waals surface area contributed by atoms with Crippen LogP contribution in [0.5, 0.6) is 0 Å². The maximum Gasteiger partial charge on any atom is 0.264 e. The molecule has 0 aromatic carbocycles. The number of anilines is 1. The molecule has 1 amide bonds. The van der Waals surface area contributed by atoms with Gasteiger partial charge >= 0.3 is 0 Å². The first-order chi connectivity index (χ1) is 14.6. The highest BCUT2D eigenvalue weighted by Gasteiger charge is 2.29. The molecule has 1 saturated heterocycles. The second kappa shape index (κ2) is 8.27. The topological polar surface area (TPSA) is 49.3 Å². The highest BCUT2D eigenvalue weighted by Crippen LogP contribution is 2.41. The molecule has 4 heterocycles. The van der Waals surface area contributed by atoms with Crippen molar-refractivity contribution in [3.05, 3.63) is 38.7 Å². The van der Waals surface area contributed by atoms with E-state index in [0.717, 1.165) is 67.9 Å². The van der Waals surface area contributed by atoms with Crippen LogP contribution >= 0.6 is 22.7 Å². The molecule has 7 heteroatoms. The first-order valence-corrected chi connectivity index (χ1v) is 12.7. The van der Waals surface area contributed by atoms with E-state index >= 15 is 0 Å². The fraction of sp³-hybridized carbons (Fsp3) is 0.522. The summed E-state index contributed by atoms with van der Waals surface area (Å²) in [5, 5.41) is 3.26. The third kappa shape index (κ3) is 3.62. The Morgan fingerprint density at radius 3 is 2.80 bits per heavy atom. The van der Waals surface area contributed by atoms with Crippen LogP contribution in [0.2, 0.25) is 0 Å². The number of hydrogen-bond acceptors (Lipinski definition) is 6. The normalized spacial score (nSPS) is 19.3. The van der Waals surface area contributed by atoms with Crippen LogP contribution in [0.3, 0.4) is 0 Å². The van der Waals surface area contributed by atoms with Gasteiger partial charge in [-0.2, -0.15) is 0 Å². The highest BCUT2D eigenvalue weighted by molar-refractivity contribution is 7.19. The molecule has 3 aromatic rings. The second-order valence-electron chi connectivity index (χ2n) is 8.50. The largest absolute Gasteiger partial charge is 0.352 e. The van der Waals surface area contributed by atoms with Crippen LogP contribution in [0.15, 0.2) is 17.5 Å². The molecule has 1 fully saturated rings. The van der Waals surface area contributed by atoms with Crippen molar-refractivity contribution in [2.75, 3.05) is 31.1 Å². The number of aryl methyl sites for hydroxylation is 2. The molecular formula is C23H28N4OS2. The van der Waals surface area contributed by atoms with Crippen LogP contribution in [0.1, 0.15) is 52.6 Å². The summed E-state index contributed by atoms with van der Waals surface area (Å²) in [6, 6.07) is 3.87. The van der Waals surface area contributed by atoms with Gasteiger partial charge in [-0.05, 0) is 48.6 Å². The quantitative estimate of drug-likeness (QED) is 0.585. The van der Waals surface area contributed by atoms with Crippen molar-refractivity contribution >= 4 is 44.6 Å². The number of fused-ring (bicyclic) bond motifs is 3. The van der Waals surface area contributed by atoms with Gasteiger partial charge in [0.2, 0.25) is 0 Å². The Balaban J connectivity index is 1.45. The molecule has 1 aliphatic heterocycles. The summed E-state index contributed by atoms with van der Waals surface area (Å²) in [4.78, 5) is 30.6. The first kappa shape index (κ1) is 19.9. The maximum absolute atomic E-state index is 12.7. The van der Waals surface area contributed by atoms with Gasteiger partial charge in [0.05, 0.1) is 10.3 Å². The van der Waals surface area contributed by atoms with Gasteiger partial charge in [0.25, 0.3) is 5.91 Å².